The maximum absolute atomic E-state index is 12.4. The van der Waals surface area contributed by atoms with Crippen LogP contribution in [0.4, 0.5) is 5.69 Å². The number of H-pyrrole nitrogens is 1. The van der Waals surface area contributed by atoms with E-state index in [0.717, 1.165) is 27.5 Å². The highest BCUT2D eigenvalue weighted by Gasteiger charge is 2.15. The molecule has 152 valence electrons. The Kier molecular flexibility index (Phi) is 4.66. The number of nitrogens with zero attached hydrogens (tertiary/aromatic N) is 3. The van der Waals surface area contributed by atoms with Gasteiger partial charge >= 0.3 is 0 Å². The summed E-state index contributed by atoms with van der Waals surface area (Å²) in [5.74, 6) is 1.32. The van der Waals surface area contributed by atoms with E-state index in [1.54, 1.807) is 18.2 Å². The van der Waals surface area contributed by atoms with Gasteiger partial charge in [0.15, 0.2) is 17.1 Å². The highest BCUT2D eigenvalue weighted by atomic mass is 32.2. The predicted molar refractivity (Wildman–Crippen MR) is 115 cm³/mol. The Hall–Kier alpha value is -3.33. The van der Waals surface area contributed by atoms with E-state index in [0.29, 0.717) is 41.2 Å². The predicted octanol–water partition coefficient (Wildman–Crippen LogP) is 3.62. The summed E-state index contributed by atoms with van der Waals surface area (Å²) in [6.45, 7) is 5.12. The van der Waals surface area contributed by atoms with Crippen molar-refractivity contribution in [1.29, 1.82) is 0 Å². The summed E-state index contributed by atoms with van der Waals surface area (Å²) in [5.41, 5.74) is 5.34. The summed E-state index contributed by atoms with van der Waals surface area (Å²) >= 11 is 1.24. The van der Waals surface area contributed by atoms with Gasteiger partial charge in [-0.2, -0.15) is 0 Å². The number of benzene rings is 2. The number of hydrogen-bond donors (Lipinski definition) is 2. The molecule has 30 heavy (non-hydrogen) atoms. The van der Waals surface area contributed by atoms with E-state index in [4.69, 9.17) is 9.47 Å². The molecule has 3 heterocycles. The minimum atomic E-state index is -0.163. The average Bonchev–Trinajstić information content (AvgIpc) is 3.15. The lowest BCUT2D eigenvalue weighted by atomic mass is 10.1. The van der Waals surface area contributed by atoms with Crippen molar-refractivity contribution in [2.45, 2.75) is 19.0 Å². The molecule has 2 aromatic carbocycles. The number of hydrogen-bond acceptors (Lipinski definition) is 7. The monoisotopic (exact) mass is 421 g/mol. The van der Waals surface area contributed by atoms with E-state index >= 15 is 0 Å². The molecule has 0 aliphatic carbocycles. The summed E-state index contributed by atoms with van der Waals surface area (Å²) < 4.78 is 11.0. The van der Waals surface area contributed by atoms with Crippen molar-refractivity contribution >= 4 is 45.4 Å². The van der Waals surface area contributed by atoms with E-state index in [2.05, 4.69) is 37.6 Å². The van der Waals surface area contributed by atoms with Crippen LogP contribution in [0.1, 0.15) is 11.1 Å². The van der Waals surface area contributed by atoms with Crippen LogP contribution in [0.5, 0.6) is 11.5 Å². The van der Waals surface area contributed by atoms with Crippen LogP contribution < -0.4 is 14.8 Å². The lowest BCUT2D eigenvalue weighted by Gasteiger charge is -2.18. The molecule has 0 unspecified atom stereocenters. The molecule has 5 rings (SSSR count). The fraction of sp³-hybridized carbons (Fsp3) is 0.238. The molecule has 2 aromatic heterocycles. The summed E-state index contributed by atoms with van der Waals surface area (Å²) in [4.78, 5) is 20.2. The van der Waals surface area contributed by atoms with Gasteiger partial charge in [-0.3, -0.25) is 4.79 Å². The molecule has 0 radical (unpaired) electrons. The van der Waals surface area contributed by atoms with E-state index in [1.165, 1.54) is 11.8 Å². The highest BCUT2D eigenvalue weighted by molar-refractivity contribution is 7.99. The van der Waals surface area contributed by atoms with Crippen molar-refractivity contribution in [3.05, 3.63) is 41.5 Å². The van der Waals surface area contributed by atoms with Gasteiger partial charge in [-0.15, -0.1) is 10.2 Å². The molecule has 0 spiro atoms. The van der Waals surface area contributed by atoms with Gasteiger partial charge < -0.3 is 19.8 Å². The van der Waals surface area contributed by atoms with Gasteiger partial charge in [0, 0.05) is 17.1 Å². The summed E-state index contributed by atoms with van der Waals surface area (Å²) in [5, 5.41) is 12.9. The van der Waals surface area contributed by atoms with Crippen molar-refractivity contribution in [2.24, 2.45) is 0 Å². The smallest absolute Gasteiger partial charge is 0.234 e. The van der Waals surface area contributed by atoms with Crippen LogP contribution in [-0.2, 0) is 4.79 Å². The van der Waals surface area contributed by atoms with Gasteiger partial charge in [0.05, 0.1) is 11.3 Å². The Bertz CT molecular complexity index is 1290. The number of nitrogens with one attached hydrogen (secondary N) is 2. The van der Waals surface area contributed by atoms with Crippen LogP contribution >= 0.6 is 11.8 Å². The first-order valence-corrected chi connectivity index (χ1v) is 10.5. The number of carbonyl (C=O) groups excluding carboxylic acids is 1. The SMILES string of the molecule is Cc1ccc(C)c2c1[nH]c1nc(SCC(=O)Nc3ccc4c(c3)OCCO4)nnc12. The van der Waals surface area contributed by atoms with Gasteiger partial charge in [0.2, 0.25) is 11.1 Å². The zero-order valence-corrected chi connectivity index (χ0v) is 17.3. The molecule has 0 atom stereocenters. The molecule has 0 saturated heterocycles. The minimum absolute atomic E-state index is 0.163. The van der Waals surface area contributed by atoms with E-state index in [1.807, 2.05) is 13.8 Å². The van der Waals surface area contributed by atoms with Crippen LogP contribution in [0.15, 0.2) is 35.5 Å². The van der Waals surface area contributed by atoms with Crippen molar-refractivity contribution in [3.8, 4) is 11.5 Å². The molecule has 0 bridgehead atoms. The summed E-state index contributed by atoms with van der Waals surface area (Å²) in [6.07, 6.45) is 0. The normalized spacial score (nSPS) is 13.0. The van der Waals surface area contributed by atoms with E-state index in [-0.39, 0.29) is 11.7 Å². The highest BCUT2D eigenvalue weighted by Crippen LogP contribution is 2.33. The maximum atomic E-state index is 12.4. The minimum Gasteiger partial charge on any atom is -0.486 e. The zero-order valence-electron chi connectivity index (χ0n) is 16.5. The van der Waals surface area contributed by atoms with Crippen LogP contribution in [-0.4, -0.2) is 45.0 Å². The number of anilines is 1. The van der Waals surface area contributed by atoms with E-state index in [9.17, 15) is 4.79 Å². The van der Waals surface area contributed by atoms with E-state index < -0.39 is 0 Å². The Labute approximate surface area is 176 Å². The number of aromatic amines is 1. The van der Waals surface area contributed by atoms with Gasteiger partial charge in [-0.25, -0.2) is 4.98 Å². The first kappa shape index (κ1) is 18.7. The van der Waals surface area contributed by atoms with Gasteiger partial charge in [0.25, 0.3) is 0 Å². The van der Waals surface area contributed by atoms with Crippen LogP contribution in [0, 0.1) is 13.8 Å². The standard InChI is InChI=1S/C21H19N5O3S/c1-11-3-4-12(2)18-17(11)19-20(23-18)24-21(26-25-19)30-10-16(27)22-13-5-6-14-15(9-13)29-8-7-28-14/h3-6,9H,7-8,10H2,1-2H3,(H,22,27)(H,23,24,26). The van der Waals surface area contributed by atoms with Crippen LogP contribution in [0.3, 0.4) is 0 Å². The number of fused-ring (bicyclic) bond motifs is 4. The quantitative estimate of drug-likeness (QED) is 0.485. The Morgan fingerprint density at radius 1 is 1.10 bits per heavy atom. The zero-order chi connectivity index (χ0) is 20.7. The molecular formula is C21H19N5O3S. The largest absolute Gasteiger partial charge is 0.486 e. The molecule has 1 amide bonds. The molecule has 4 aromatic rings. The fourth-order valence-corrected chi connectivity index (χ4v) is 4.06. The first-order valence-electron chi connectivity index (χ1n) is 9.53. The number of aromatic nitrogens is 4. The lowest BCUT2D eigenvalue weighted by molar-refractivity contribution is -0.113. The first-order chi connectivity index (χ1) is 14.6. The Balaban J connectivity index is 1.30. The topological polar surface area (TPSA) is 102 Å². The third-order valence-electron chi connectivity index (χ3n) is 4.93. The number of thioether (sulfide) groups is 1. The number of ether oxygens (including phenoxy) is 2. The van der Waals surface area contributed by atoms with Gasteiger partial charge in [-0.05, 0) is 37.1 Å². The average molecular weight is 421 g/mol. The molecule has 1 aliphatic heterocycles. The molecule has 9 heteroatoms. The number of carbonyl (C=O) groups is 1. The number of rotatable bonds is 4. The molecule has 2 N–H and O–H groups in total. The number of aryl methyl sites for hydroxylation is 2. The summed E-state index contributed by atoms with van der Waals surface area (Å²) in [6, 6.07) is 9.47. The summed E-state index contributed by atoms with van der Waals surface area (Å²) in [7, 11) is 0. The van der Waals surface area contributed by atoms with Crippen molar-refractivity contribution < 1.29 is 14.3 Å². The second kappa shape index (κ2) is 7.49. The van der Waals surface area contributed by atoms with Crippen molar-refractivity contribution in [2.75, 3.05) is 24.3 Å². The van der Waals surface area contributed by atoms with Crippen LogP contribution in [0.25, 0.3) is 22.1 Å². The van der Waals surface area contributed by atoms with Crippen molar-refractivity contribution in [1.82, 2.24) is 20.2 Å². The molecule has 8 nitrogen and oxygen atoms in total. The van der Waals surface area contributed by atoms with Gasteiger partial charge in [0.1, 0.15) is 18.7 Å². The Morgan fingerprint density at radius 3 is 2.77 bits per heavy atom. The third-order valence-corrected chi connectivity index (χ3v) is 5.77. The van der Waals surface area contributed by atoms with Crippen LogP contribution in [0.2, 0.25) is 0 Å². The third kappa shape index (κ3) is 3.41. The number of amides is 1. The molecule has 0 fully saturated rings. The Morgan fingerprint density at radius 2 is 1.90 bits per heavy atom. The molecule has 0 saturated carbocycles. The molecular weight excluding hydrogens is 402 g/mol. The van der Waals surface area contributed by atoms with Crippen molar-refractivity contribution in [3.63, 3.8) is 0 Å². The maximum Gasteiger partial charge on any atom is 0.234 e. The second-order valence-corrected chi connectivity index (χ2v) is 8.00. The second-order valence-electron chi connectivity index (χ2n) is 7.06. The van der Waals surface area contributed by atoms with Gasteiger partial charge in [-0.1, -0.05) is 23.9 Å². The lowest BCUT2D eigenvalue weighted by Crippen LogP contribution is -2.17. The fourth-order valence-electron chi connectivity index (χ4n) is 3.47. The molecule has 1 aliphatic rings.